The fraction of sp³-hybridized carbons (Fsp3) is 0.235. The number of phenols is 1. The van der Waals surface area contributed by atoms with Gasteiger partial charge in [0.15, 0.2) is 0 Å². The molecule has 0 aliphatic heterocycles. The second-order valence-corrected chi connectivity index (χ2v) is 5.87. The smallest absolute Gasteiger partial charge is 0.120 e. The van der Waals surface area contributed by atoms with Gasteiger partial charge < -0.3 is 10.4 Å². The highest BCUT2D eigenvalue weighted by atomic mass is 79.9. The molecule has 1 atom stereocenters. The van der Waals surface area contributed by atoms with Crippen LogP contribution in [0.25, 0.3) is 0 Å². The third kappa shape index (κ3) is 3.56. The van der Waals surface area contributed by atoms with Crippen LogP contribution in [0.3, 0.4) is 0 Å². The van der Waals surface area contributed by atoms with Crippen LogP contribution in [-0.4, -0.2) is 5.11 Å². The predicted octanol–water partition coefficient (Wildman–Crippen LogP) is 4.90. The molecule has 2 aromatic carbocycles. The highest BCUT2D eigenvalue weighted by molar-refractivity contribution is 9.10. The topological polar surface area (TPSA) is 56.0 Å². The molecular formula is C17H17BrN2O. The first-order valence-corrected chi connectivity index (χ1v) is 7.60. The van der Waals surface area contributed by atoms with Gasteiger partial charge in [-0.25, -0.2) is 0 Å². The number of phenolic OH excluding ortho intramolecular Hbond substituents is 1. The molecule has 1 unspecified atom stereocenters. The van der Waals surface area contributed by atoms with Crippen LogP contribution in [0.4, 0.5) is 5.69 Å². The number of nitrogens with one attached hydrogen (secondary N) is 1. The summed E-state index contributed by atoms with van der Waals surface area (Å²) < 4.78 is 0.929. The summed E-state index contributed by atoms with van der Waals surface area (Å²) in [7, 11) is 0. The van der Waals surface area contributed by atoms with E-state index in [0.717, 1.165) is 27.7 Å². The van der Waals surface area contributed by atoms with Crippen molar-refractivity contribution in [3.8, 4) is 11.8 Å². The van der Waals surface area contributed by atoms with Crippen molar-refractivity contribution in [1.29, 1.82) is 5.26 Å². The number of rotatable bonds is 4. The first-order valence-electron chi connectivity index (χ1n) is 6.80. The van der Waals surface area contributed by atoms with Gasteiger partial charge >= 0.3 is 0 Å². The third-order valence-corrected chi connectivity index (χ3v) is 3.96. The van der Waals surface area contributed by atoms with Crippen molar-refractivity contribution in [2.45, 2.75) is 26.3 Å². The number of benzene rings is 2. The third-order valence-electron chi connectivity index (χ3n) is 3.47. The maximum absolute atomic E-state index is 10.1. The van der Waals surface area contributed by atoms with Gasteiger partial charge in [-0.15, -0.1) is 0 Å². The Balaban J connectivity index is 2.36. The average Bonchev–Trinajstić information content (AvgIpc) is 2.49. The van der Waals surface area contributed by atoms with Crippen molar-refractivity contribution >= 4 is 21.6 Å². The summed E-state index contributed by atoms with van der Waals surface area (Å²) in [6.07, 6.45) is 0.820. The van der Waals surface area contributed by atoms with Gasteiger partial charge in [-0.3, -0.25) is 0 Å². The summed E-state index contributed by atoms with van der Waals surface area (Å²) in [4.78, 5) is 0. The van der Waals surface area contributed by atoms with E-state index in [1.165, 1.54) is 0 Å². The van der Waals surface area contributed by atoms with E-state index < -0.39 is 0 Å². The molecule has 0 aliphatic carbocycles. The van der Waals surface area contributed by atoms with Crippen LogP contribution in [0.1, 0.15) is 36.1 Å². The number of nitrogens with zero attached hydrogens (tertiary/aromatic N) is 1. The maximum Gasteiger partial charge on any atom is 0.120 e. The monoisotopic (exact) mass is 344 g/mol. The van der Waals surface area contributed by atoms with Crippen molar-refractivity contribution in [1.82, 2.24) is 0 Å². The number of hydrogen-bond acceptors (Lipinski definition) is 3. The van der Waals surface area contributed by atoms with E-state index in [-0.39, 0.29) is 11.8 Å². The van der Waals surface area contributed by atoms with E-state index in [0.29, 0.717) is 5.56 Å². The molecule has 0 aromatic heterocycles. The molecule has 0 heterocycles. The Morgan fingerprint density at radius 1 is 1.29 bits per heavy atom. The molecule has 0 spiro atoms. The molecule has 2 rings (SSSR count). The minimum absolute atomic E-state index is 0.0184. The van der Waals surface area contributed by atoms with E-state index in [4.69, 9.17) is 5.26 Å². The van der Waals surface area contributed by atoms with E-state index in [2.05, 4.69) is 34.2 Å². The number of halogens is 1. The Labute approximate surface area is 133 Å². The van der Waals surface area contributed by atoms with Gasteiger partial charge in [0.05, 0.1) is 17.7 Å². The highest BCUT2D eigenvalue weighted by Gasteiger charge is 2.15. The van der Waals surface area contributed by atoms with Gasteiger partial charge in [-0.1, -0.05) is 28.9 Å². The van der Waals surface area contributed by atoms with Crippen molar-refractivity contribution in [2.24, 2.45) is 0 Å². The van der Waals surface area contributed by atoms with Crippen LogP contribution < -0.4 is 5.32 Å². The lowest BCUT2D eigenvalue weighted by atomic mass is 10.0. The molecule has 21 heavy (non-hydrogen) atoms. The van der Waals surface area contributed by atoms with E-state index in [1.54, 1.807) is 12.1 Å². The standard InChI is InChI=1S/C17H17BrN2O/c1-3-15(14-9-13(18)6-7-17(14)21)20-16-8-12(10-19)5-4-11(16)2/h4-9,15,20-21H,3H2,1-2H3. The second-order valence-electron chi connectivity index (χ2n) is 4.95. The first kappa shape index (κ1) is 15.4. The van der Waals surface area contributed by atoms with Crippen LogP contribution in [0.5, 0.6) is 5.75 Å². The van der Waals surface area contributed by atoms with Gasteiger partial charge in [-0.05, 0) is 49.2 Å². The highest BCUT2D eigenvalue weighted by Crippen LogP contribution is 2.32. The zero-order chi connectivity index (χ0) is 15.4. The first-order chi connectivity index (χ1) is 10.0. The molecule has 0 saturated carbocycles. The summed E-state index contributed by atoms with van der Waals surface area (Å²) in [5, 5.41) is 22.5. The number of hydrogen-bond donors (Lipinski definition) is 2. The molecule has 0 amide bonds. The van der Waals surface area contributed by atoms with E-state index in [9.17, 15) is 5.11 Å². The number of aromatic hydroxyl groups is 1. The normalized spacial score (nSPS) is 11.7. The molecule has 3 nitrogen and oxygen atoms in total. The van der Waals surface area contributed by atoms with Crippen molar-refractivity contribution < 1.29 is 5.11 Å². The summed E-state index contributed by atoms with van der Waals surface area (Å²) in [5.74, 6) is 0.270. The molecule has 4 heteroatoms. The minimum atomic E-state index is -0.0184. The molecule has 2 N–H and O–H groups in total. The summed E-state index contributed by atoms with van der Waals surface area (Å²) in [5.41, 5.74) is 3.45. The Morgan fingerprint density at radius 3 is 2.71 bits per heavy atom. The molecule has 108 valence electrons. The molecular weight excluding hydrogens is 328 g/mol. The zero-order valence-corrected chi connectivity index (χ0v) is 13.6. The lowest BCUT2D eigenvalue weighted by molar-refractivity contribution is 0.462. The molecule has 0 saturated heterocycles. The van der Waals surface area contributed by atoms with E-state index in [1.807, 2.05) is 31.2 Å². The quantitative estimate of drug-likeness (QED) is 0.829. The fourth-order valence-electron chi connectivity index (χ4n) is 2.24. The van der Waals surface area contributed by atoms with Crippen LogP contribution in [0.15, 0.2) is 40.9 Å². The van der Waals surface area contributed by atoms with Crippen molar-refractivity contribution in [3.05, 3.63) is 57.6 Å². The van der Waals surface area contributed by atoms with Gasteiger partial charge in [0, 0.05) is 15.7 Å². The van der Waals surface area contributed by atoms with Crippen molar-refractivity contribution in [3.63, 3.8) is 0 Å². The van der Waals surface area contributed by atoms with Gasteiger partial charge in [0.25, 0.3) is 0 Å². The predicted molar refractivity (Wildman–Crippen MR) is 88.4 cm³/mol. The molecule has 0 bridgehead atoms. The maximum atomic E-state index is 10.1. The lowest BCUT2D eigenvalue weighted by Gasteiger charge is -2.21. The average molecular weight is 345 g/mol. The van der Waals surface area contributed by atoms with Gasteiger partial charge in [0.2, 0.25) is 0 Å². The second kappa shape index (κ2) is 6.64. The lowest BCUT2D eigenvalue weighted by Crippen LogP contribution is -2.11. The van der Waals surface area contributed by atoms with Gasteiger partial charge in [0.1, 0.15) is 5.75 Å². The van der Waals surface area contributed by atoms with Crippen LogP contribution in [0.2, 0.25) is 0 Å². The molecule has 0 aliphatic rings. The molecule has 2 aromatic rings. The SMILES string of the molecule is CCC(Nc1cc(C#N)ccc1C)c1cc(Br)ccc1O. The number of anilines is 1. The van der Waals surface area contributed by atoms with Crippen molar-refractivity contribution in [2.75, 3.05) is 5.32 Å². The Morgan fingerprint density at radius 2 is 2.05 bits per heavy atom. The zero-order valence-electron chi connectivity index (χ0n) is 12.0. The summed E-state index contributed by atoms with van der Waals surface area (Å²) >= 11 is 3.43. The number of aryl methyl sites for hydroxylation is 1. The van der Waals surface area contributed by atoms with E-state index >= 15 is 0 Å². The largest absolute Gasteiger partial charge is 0.508 e. The molecule has 0 fully saturated rings. The fourth-order valence-corrected chi connectivity index (χ4v) is 2.62. The summed E-state index contributed by atoms with van der Waals surface area (Å²) in [6.45, 7) is 4.05. The Kier molecular flexibility index (Phi) is 4.87. The van der Waals surface area contributed by atoms with Gasteiger partial charge in [-0.2, -0.15) is 5.26 Å². The van der Waals surface area contributed by atoms with Crippen LogP contribution in [-0.2, 0) is 0 Å². The van der Waals surface area contributed by atoms with Crippen LogP contribution in [0, 0.1) is 18.3 Å². The molecule has 0 radical (unpaired) electrons. The number of nitriles is 1. The summed E-state index contributed by atoms with van der Waals surface area (Å²) in [6, 6.07) is 13.1. The Bertz CT molecular complexity index is 692. The van der Waals surface area contributed by atoms with Crippen LogP contribution >= 0.6 is 15.9 Å². The minimum Gasteiger partial charge on any atom is -0.508 e. The Hall–Kier alpha value is -1.99.